The molecule has 1 fully saturated rings. The van der Waals surface area contributed by atoms with Gasteiger partial charge in [-0.1, -0.05) is 18.2 Å². The minimum Gasteiger partial charge on any atom is -0.381 e. The average molecular weight is 329 g/mol. The van der Waals surface area contributed by atoms with Crippen molar-refractivity contribution < 1.29 is 4.79 Å². The number of hydrogen-bond donors (Lipinski definition) is 1. The summed E-state index contributed by atoms with van der Waals surface area (Å²) in [5.74, 6) is 0.219. The fraction of sp³-hybridized carbons (Fsp3) is 0.444. The van der Waals surface area contributed by atoms with Crippen LogP contribution in [0.2, 0.25) is 0 Å². The molecule has 5 heteroatoms. The fourth-order valence-electron chi connectivity index (χ4n) is 3.08. The summed E-state index contributed by atoms with van der Waals surface area (Å²) in [4.78, 5) is 20.1. The second-order valence-corrected chi connectivity index (χ2v) is 7.40. The third-order valence-corrected chi connectivity index (χ3v) is 5.30. The Kier molecular flexibility index (Phi) is 4.96. The van der Waals surface area contributed by atoms with E-state index in [1.165, 1.54) is 0 Å². The maximum atomic E-state index is 12.6. The summed E-state index contributed by atoms with van der Waals surface area (Å²) in [6, 6.07) is 10.6. The normalized spacial score (nSPS) is 18.0. The molecule has 1 aliphatic heterocycles. The number of nitrogens with one attached hydrogen (secondary N) is 1. The molecule has 1 aliphatic rings. The number of rotatable bonds is 4. The summed E-state index contributed by atoms with van der Waals surface area (Å²) in [5, 5.41) is 4.58. The number of thiazole rings is 1. The third kappa shape index (κ3) is 4.10. The summed E-state index contributed by atoms with van der Waals surface area (Å²) in [5.41, 5.74) is 2.12. The van der Waals surface area contributed by atoms with Crippen LogP contribution in [0.5, 0.6) is 0 Å². The second kappa shape index (κ2) is 7.13. The van der Waals surface area contributed by atoms with Gasteiger partial charge in [-0.3, -0.25) is 4.79 Å². The van der Waals surface area contributed by atoms with E-state index < -0.39 is 0 Å². The number of nitrogens with zero attached hydrogens (tertiary/aromatic N) is 2. The Morgan fingerprint density at radius 2 is 2.13 bits per heavy atom. The number of hydrogen-bond acceptors (Lipinski definition) is 4. The molecule has 0 unspecified atom stereocenters. The van der Waals surface area contributed by atoms with Crippen molar-refractivity contribution in [2.75, 3.05) is 18.4 Å². The zero-order chi connectivity index (χ0) is 16.2. The van der Waals surface area contributed by atoms with E-state index in [9.17, 15) is 4.79 Å². The lowest BCUT2D eigenvalue weighted by Crippen LogP contribution is -2.45. The number of para-hydroxylation sites is 1. The molecule has 1 aromatic carbocycles. The summed E-state index contributed by atoms with van der Waals surface area (Å²) in [6.07, 6.45) is 2.64. The smallest absolute Gasteiger partial charge is 0.227 e. The third-order valence-electron chi connectivity index (χ3n) is 4.23. The van der Waals surface area contributed by atoms with Crippen molar-refractivity contribution in [2.45, 2.75) is 39.2 Å². The van der Waals surface area contributed by atoms with Crippen LogP contribution < -0.4 is 5.32 Å². The number of benzene rings is 1. The van der Waals surface area contributed by atoms with Gasteiger partial charge in [-0.2, -0.15) is 0 Å². The van der Waals surface area contributed by atoms with Gasteiger partial charge in [-0.05, 0) is 38.8 Å². The highest BCUT2D eigenvalue weighted by molar-refractivity contribution is 7.11. The number of amides is 1. The highest BCUT2D eigenvalue weighted by Gasteiger charge is 2.24. The Morgan fingerprint density at radius 1 is 1.35 bits per heavy atom. The van der Waals surface area contributed by atoms with E-state index in [1.54, 1.807) is 11.3 Å². The maximum absolute atomic E-state index is 12.6. The van der Waals surface area contributed by atoms with Crippen LogP contribution in [0.15, 0.2) is 30.3 Å². The van der Waals surface area contributed by atoms with Crippen LogP contribution in [0.4, 0.5) is 5.69 Å². The van der Waals surface area contributed by atoms with Crippen LogP contribution in [0.1, 0.15) is 28.4 Å². The summed E-state index contributed by atoms with van der Waals surface area (Å²) < 4.78 is 0. The quantitative estimate of drug-likeness (QED) is 0.935. The standard InChI is InChI=1S/C18H23N3OS/c1-13-17(23-14(2)19-13)11-18(22)21-10-6-9-16(12-21)20-15-7-4-3-5-8-15/h3-5,7-8,16,20H,6,9-12H2,1-2H3/t16-/m0/s1. The molecule has 0 bridgehead atoms. The fourth-order valence-corrected chi connectivity index (χ4v) is 4.01. The molecule has 0 saturated carbocycles. The number of anilines is 1. The van der Waals surface area contributed by atoms with Gasteiger partial charge < -0.3 is 10.2 Å². The van der Waals surface area contributed by atoms with Gasteiger partial charge in [0.05, 0.1) is 17.1 Å². The topological polar surface area (TPSA) is 45.2 Å². The minimum atomic E-state index is 0.219. The van der Waals surface area contributed by atoms with Crippen molar-refractivity contribution in [2.24, 2.45) is 0 Å². The first-order valence-corrected chi connectivity index (χ1v) is 8.96. The molecule has 0 radical (unpaired) electrons. The predicted molar refractivity (Wildman–Crippen MR) is 95.0 cm³/mol. The number of carbonyl (C=O) groups excluding carboxylic acids is 1. The SMILES string of the molecule is Cc1nc(C)c(CC(=O)N2CCC[C@H](Nc3ccccc3)C2)s1. The molecule has 4 nitrogen and oxygen atoms in total. The van der Waals surface area contributed by atoms with E-state index in [4.69, 9.17) is 0 Å². The van der Waals surface area contributed by atoms with Gasteiger partial charge in [-0.25, -0.2) is 4.98 Å². The largest absolute Gasteiger partial charge is 0.381 e. The lowest BCUT2D eigenvalue weighted by molar-refractivity contribution is -0.131. The lowest BCUT2D eigenvalue weighted by Gasteiger charge is -2.33. The van der Waals surface area contributed by atoms with Crippen molar-refractivity contribution in [3.63, 3.8) is 0 Å². The van der Waals surface area contributed by atoms with Crippen molar-refractivity contribution in [3.8, 4) is 0 Å². The molecule has 1 saturated heterocycles. The number of aryl methyl sites for hydroxylation is 2. The monoisotopic (exact) mass is 329 g/mol. The Balaban J connectivity index is 1.59. The molecule has 0 aliphatic carbocycles. The highest BCUT2D eigenvalue weighted by Crippen LogP contribution is 2.21. The zero-order valence-corrected chi connectivity index (χ0v) is 14.5. The molecule has 2 aromatic rings. The van der Waals surface area contributed by atoms with Gasteiger partial charge in [0.2, 0.25) is 5.91 Å². The van der Waals surface area contributed by atoms with Crippen LogP contribution in [-0.4, -0.2) is 34.9 Å². The number of piperidine rings is 1. The number of likely N-dealkylation sites (tertiary alicyclic amines) is 1. The Labute approximate surface area is 141 Å². The first-order valence-electron chi connectivity index (χ1n) is 8.14. The molecule has 0 spiro atoms. The average Bonchev–Trinajstić information content (AvgIpc) is 2.86. The molecule has 3 rings (SSSR count). The van der Waals surface area contributed by atoms with E-state index in [0.717, 1.165) is 47.2 Å². The molecule has 1 aromatic heterocycles. The summed E-state index contributed by atoms with van der Waals surface area (Å²) in [6.45, 7) is 5.63. The van der Waals surface area contributed by atoms with Gasteiger partial charge in [0.15, 0.2) is 0 Å². The van der Waals surface area contributed by atoms with Crippen LogP contribution in [0.3, 0.4) is 0 Å². The zero-order valence-electron chi connectivity index (χ0n) is 13.7. The first-order chi connectivity index (χ1) is 11.1. The predicted octanol–water partition coefficient (Wildman–Crippen LogP) is 3.41. The van der Waals surface area contributed by atoms with Gasteiger partial charge >= 0.3 is 0 Å². The Hall–Kier alpha value is -1.88. The lowest BCUT2D eigenvalue weighted by atomic mass is 10.0. The molecule has 23 heavy (non-hydrogen) atoms. The summed E-state index contributed by atoms with van der Waals surface area (Å²) in [7, 11) is 0. The molecule has 122 valence electrons. The second-order valence-electron chi connectivity index (χ2n) is 6.11. The van der Waals surface area contributed by atoms with E-state index in [-0.39, 0.29) is 5.91 Å². The van der Waals surface area contributed by atoms with E-state index >= 15 is 0 Å². The van der Waals surface area contributed by atoms with Gasteiger partial charge in [-0.15, -0.1) is 11.3 Å². The maximum Gasteiger partial charge on any atom is 0.227 e. The van der Waals surface area contributed by atoms with Crippen molar-refractivity contribution >= 4 is 22.9 Å². The van der Waals surface area contributed by atoms with Crippen LogP contribution in [-0.2, 0) is 11.2 Å². The molecular weight excluding hydrogens is 306 g/mol. The Morgan fingerprint density at radius 3 is 2.83 bits per heavy atom. The van der Waals surface area contributed by atoms with Crippen LogP contribution in [0.25, 0.3) is 0 Å². The summed E-state index contributed by atoms with van der Waals surface area (Å²) >= 11 is 1.64. The van der Waals surface area contributed by atoms with E-state index in [1.807, 2.05) is 36.9 Å². The minimum absolute atomic E-state index is 0.219. The molecule has 1 atom stereocenters. The van der Waals surface area contributed by atoms with Gasteiger partial charge in [0, 0.05) is 29.7 Å². The molecule has 1 amide bonds. The Bertz CT molecular complexity index is 668. The van der Waals surface area contributed by atoms with E-state index in [0.29, 0.717) is 12.5 Å². The number of aromatic nitrogens is 1. The van der Waals surface area contributed by atoms with Crippen molar-refractivity contribution in [1.29, 1.82) is 0 Å². The van der Waals surface area contributed by atoms with Gasteiger partial charge in [0.25, 0.3) is 0 Å². The van der Waals surface area contributed by atoms with Crippen LogP contribution >= 0.6 is 11.3 Å². The molecule has 2 heterocycles. The highest BCUT2D eigenvalue weighted by atomic mass is 32.1. The van der Waals surface area contributed by atoms with Crippen LogP contribution in [0, 0.1) is 13.8 Å². The van der Waals surface area contributed by atoms with E-state index in [2.05, 4.69) is 22.4 Å². The molecule has 1 N–H and O–H groups in total. The molecular formula is C18H23N3OS. The van der Waals surface area contributed by atoms with Crippen molar-refractivity contribution in [3.05, 3.63) is 45.9 Å². The number of carbonyl (C=O) groups is 1. The first kappa shape index (κ1) is 16.0. The van der Waals surface area contributed by atoms with Crippen molar-refractivity contribution in [1.82, 2.24) is 9.88 Å². The van der Waals surface area contributed by atoms with Gasteiger partial charge in [0.1, 0.15) is 0 Å².